The van der Waals surface area contributed by atoms with Crippen molar-refractivity contribution in [2.45, 2.75) is 31.9 Å². The van der Waals surface area contributed by atoms with Crippen LogP contribution in [0.5, 0.6) is 0 Å². The molecule has 1 aromatic carbocycles. The summed E-state index contributed by atoms with van der Waals surface area (Å²) >= 11 is 5.74. The lowest BCUT2D eigenvalue weighted by Gasteiger charge is -2.14. The molecule has 1 unspecified atom stereocenters. The largest absolute Gasteiger partial charge is 0.458 e. The molecule has 5 heteroatoms. The van der Waals surface area contributed by atoms with E-state index in [0.717, 1.165) is 0 Å². The zero-order chi connectivity index (χ0) is 13.3. The summed E-state index contributed by atoms with van der Waals surface area (Å²) in [5, 5.41) is 3.23. The summed E-state index contributed by atoms with van der Waals surface area (Å²) in [6, 6.07) is 5.91. The Hall–Kier alpha value is -1.55. The lowest BCUT2D eigenvalue weighted by atomic mass is 10.0. The number of halogens is 1. The molecule has 0 bridgehead atoms. The number of hydrogen-bond donors (Lipinski definition) is 1. The number of nitrogens with one attached hydrogen (secondary N) is 1. The Morgan fingerprint density at radius 3 is 2.50 bits per heavy atom. The molecule has 0 radical (unpaired) electrons. The lowest BCUT2D eigenvalue weighted by Crippen LogP contribution is -2.38. The maximum absolute atomic E-state index is 11.9. The maximum Gasteiger partial charge on any atom is 0.329 e. The average molecular weight is 268 g/mol. The van der Waals surface area contributed by atoms with Crippen molar-refractivity contribution in [2.24, 2.45) is 0 Å². The molecule has 1 atom stereocenters. The fourth-order valence-electron chi connectivity index (χ4n) is 1.91. The second-order valence-corrected chi connectivity index (χ2v) is 5.35. The predicted octanol–water partition coefficient (Wildman–Crippen LogP) is 2.16. The van der Waals surface area contributed by atoms with Crippen molar-refractivity contribution >= 4 is 23.5 Å². The molecule has 0 spiro atoms. The van der Waals surface area contributed by atoms with E-state index in [4.69, 9.17) is 16.3 Å². The second-order valence-electron chi connectivity index (χ2n) is 4.92. The average Bonchev–Trinajstić information content (AvgIpc) is 2.52. The van der Waals surface area contributed by atoms with E-state index in [1.807, 2.05) is 13.8 Å². The molecule has 96 valence electrons. The number of amides is 1. The third-order valence-corrected chi connectivity index (χ3v) is 3.02. The summed E-state index contributed by atoms with van der Waals surface area (Å²) in [6.45, 7) is 3.64. The Bertz CT molecular complexity index is 482. The van der Waals surface area contributed by atoms with E-state index in [1.165, 1.54) is 0 Å². The van der Waals surface area contributed by atoms with Crippen molar-refractivity contribution in [1.29, 1.82) is 0 Å². The van der Waals surface area contributed by atoms with Gasteiger partial charge in [0.05, 0.1) is 0 Å². The van der Waals surface area contributed by atoms with E-state index in [1.54, 1.807) is 24.3 Å². The molecule has 1 heterocycles. The molecule has 2 rings (SSSR count). The van der Waals surface area contributed by atoms with Gasteiger partial charge in [-0.2, -0.15) is 0 Å². The first kappa shape index (κ1) is 12.9. The third-order valence-electron chi connectivity index (χ3n) is 2.77. The Morgan fingerprint density at radius 1 is 1.39 bits per heavy atom. The number of rotatable bonds is 2. The van der Waals surface area contributed by atoms with E-state index in [2.05, 4.69) is 5.32 Å². The Kier molecular flexibility index (Phi) is 3.30. The van der Waals surface area contributed by atoms with Crippen LogP contribution < -0.4 is 5.32 Å². The number of carbonyl (C=O) groups is 2. The van der Waals surface area contributed by atoms with Crippen LogP contribution in [-0.2, 0) is 9.53 Å². The zero-order valence-corrected chi connectivity index (χ0v) is 11.0. The quantitative estimate of drug-likeness (QED) is 0.836. The van der Waals surface area contributed by atoms with Crippen molar-refractivity contribution in [3.05, 3.63) is 34.9 Å². The Morgan fingerprint density at radius 2 is 2.00 bits per heavy atom. The molecule has 1 amide bonds. The number of esters is 1. The molecule has 1 N–H and O–H groups in total. The minimum Gasteiger partial charge on any atom is -0.458 e. The Balaban J connectivity index is 2.04. The van der Waals surface area contributed by atoms with Gasteiger partial charge in [0.15, 0.2) is 0 Å². The van der Waals surface area contributed by atoms with Crippen LogP contribution in [0.4, 0.5) is 0 Å². The van der Waals surface area contributed by atoms with Gasteiger partial charge in [-0.1, -0.05) is 11.6 Å². The first-order chi connectivity index (χ1) is 8.37. The van der Waals surface area contributed by atoms with Crippen LogP contribution in [0, 0.1) is 0 Å². The van der Waals surface area contributed by atoms with Crippen LogP contribution in [0.3, 0.4) is 0 Å². The standard InChI is InChI=1S/C13H14ClNO3/c1-13(2)7-10(12(17)18-13)15-11(16)8-3-5-9(14)6-4-8/h3-6,10H,7H2,1-2H3,(H,15,16). The fraction of sp³-hybridized carbons (Fsp3) is 0.385. The molecule has 1 aliphatic heterocycles. The van der Waals surface area contributed by atoms with Gasteiger partial charge < -0.3 is 10.1 Å². The van der Waals surface area contributed by atoms with Gasteiger partial charge in [-0.15, -0.1) is 0 Å². The van der Waals surface area contributed by atoms with Crippen molar-refractivity contribution < 1.29 is 14.3 Å². The van der Waals surface area contributed by atoms with E-state index in [-0.39, 0.29) is 11.9 Å². The van der Waals surface area contributed by atoms with Crippen LogP contribution in [0.15, 0.2) is 24.3 Å². The number of ether oxygens (including phenoxy) is 1. The fourth-order valence-corrected chi connectivity index (χ4v) is 2.04. The van der Waals surface area contributed by atoms with E-state index in [9.17, 15) is 9.59 Å². The number of benzene rings is 1. The highest BCUT2D eigenvalue weighted by atomic mass is 35.5. The topological polar surface area (TPSA) is 55.4 Å². The smallest absolute Gasteiger partial charge is 0.329 e. The summed E-state index contributed by atoms with van der Waals surface area (Å²) in [6.07, 6.45) is 0.477. The molecule has 1 fully saturated rings. The summed E-state index contributed by atoms with van der Waals surface area (Å²) in [5.41, 5.74) is -0.0495. The number of hydrogen-bond acceptors (Lipinski definition) is 3. The van der Waals surface area contributed by atoms with Gasteiger partial charge in [0.25, 0.3) is 5.91 Å². The van der Waals surface area contributed by atoms with Crippen molar-refractivity contribution in [1.82, 2.24) is 5.32 Å². The molecule has 0 saturated carbocycles. The molecule has 4 nitrogen and oxygen atoms in total. The molecule has 1 aromatic rings. The molecular weight excluding hydrogens is 254 g/mol. The van der Waals surface area contributed by atoms with Gasteiger partial charge >= 0.3 is 5.97 Å². The third kappa shape index (κ3) is 2.82. The van der Waals surface area contributed by atoms with Gasteiger partial charge in [-0.05, 0) is 38.1 Å². The van der Waals surface area contributed by atoms with Gasteiger partial charge in [0.2, 0.25) is 0 Å². The number of cyclic esters (lactones) is 1. The molecule has 0 aliphatic carbocycles. The molecule has 1 aliphatic rings. The van der Waals surface area contributed by atoms with Gasteiger partial charge in [0, 0.05) is 17.0 Å². The minimum atomic E-state index is -0.580. The highest BCUT2D eigenvalue weighted by Crippen LogP contribution is 2.25. The highest BCUT2D eigenvalue weighted by Gasteiger charge is 2.40. The first-order valence-electron chi connectivity index (χ1n) is 5.67. The van der Waals surface area contributed by atoms with Gasteiger partial charge in [0.1, 0.15) is 11.6 Å². The van der Waals surface area contributed by atoms with Crippen molar-refractivity contribution in [2.75, 3.05) is 0 Å². The Labute approximate surface area is 110 Å². The van der Waals surface area contributed by atoms with Gasteiger partial charge in [-0.3, -0.25) is 4.79 Å². The minimum absolute atomic E-state index is 0.300. The first-order valence-corrected chi connectivity index (χ1v) is 6.04. The van der Waals surface area contributed by atoms with Crippen LogP contribution in [0.2, 0.25) is 5.02 Å². The van der Waals surface area contributed by atoms with Crippen LogP contribution in [0.1, 0.15) is 30.6 Å². The predicted molar refractivity (Wildman–Crippen MR) is 67.5 cm³/mol. The molecule has 18 heavy (non-hydrogen) atoms. The lowest BCUT2D eigenvalue weighted by molar-refractivity contribution is -0.147. The van der Waals surface area contributed by atoms with Crippen LogP contribution in [-0.4, -0.2) is 23.5 Å². The van der Waals surface area contributed by atoms with Crippen LogP contribution >= 0.6 is 11.6 Å². The summed E-state index contributed by atoms with van der Waals surface area (Å²) < 4.78 is 5.14. The summed E-state index contributed by atoms with van der Waals surface area (Å²) in [7, 11) is 0. The zero-order valence-electron chi connectivity index (χ0n) is 10.2. The monoisotopic (exact) mass is 267 g/mol. The summed E-state index contributed by atoms with van der Waals surface area (Å²) in [4.78, 5) is 23.5. The van der Waals surface area contributed by atoms with E-state index in [0.29, 0.717) is 17.0 Å². The number of carbonyl (C=O) groups excluding carboxylic acids is 2. The highest BCUT2D eigenvalue weighted by molar-refractivity contribution is 6.30. The molecule has 0 aromatic heterocycles. The maximum atomic E-state index is 11.9. The molecule has 1 saturated heterocycles. The SMILES string of the molecule is CC1(C)CC(NC(=O)c2ccc(Cl)cc2)C(=O)O1. The van der Waals surface area contributed by atoms with E-state index >= 15 is 0 Å². The second kappa shape index (κ2) is 4.61. The van der Waals surface area contributed by atoms with Gasteiger partial charge in [-0.25, -0.2) is 4.79 Å². The summed E-state index contributed by atoms with van der Waals surface area (Å²) in [5.74, 6) is -0.686. The van der Waals surface area contributed by atoms with E-state index < -0.39 is 11.6 Å². The van der Waals surface area contributed by atoms with Crippen LogP contribution in [0.25, 0.3) is 0 Å². The van der Waals surface area contributed by atoms with Crippen molar-refractivity contribution in [3.63, 3.8) is 0 Å². The van der Waals surface area contributed by atoms with Crippen molar-refractivity contribution in [3.8, 4) is 0 Å². The molecular formula is C13H14ClNO3. The normalized spacial score (nSPS) is 21.5.